The maximum absolute atomic E-state index is 5.02. The Morgan fingerprint density at radius 2 is 1.86 bits per heavy atom. The van der Waals surface area contributed by atoms with Crippen LogP contribution < -0.4 is 0 Å². The first-order chi connectivity index (χ1) is 14.3. The van der Waals surface area contributed by atoms with E-state index in [-0.39, 0.29) is 0 Å². The lowest BCUT2D eigenvalue weighted by atomic mass is 9.95. The van der Waals surface area contributed by atoms with Gasteiger partial charge in [0.1, 0.15) is 5.01 Å². The number of hydrogen-bond donors (Lipinski definition) is 0. The molecule has 0 atom stereocenters. The van der Waals surface area contributed by atoms with Crippen LogP contribution in [-0.4, -0.2) is 31.9 Å². The van der Waals surface area contributed by atoms with E-state index in [0.717, 1.165) is 23.8 Å². The lowest BCUT2D eigenvalue weighted by Crippen LogP contribution is -2.18. The van der Waals surface area contributed by atoms with Crippen molar-refractivity contribution in [2.75, 3.05) is 13.1 Å². The number of hydrogen-bond acceptors (Lipinski definition) is 4. The van der Waals surface area contributed by atoms with E-state index in [2.05, 4.69) is 41.5 Å². The highest BCUT2D eigenvalue weighted by Gasteiger charge is 2.26. The zero-order chi connectivity index (χ0) is 19.8. The van der Waals surface area contributed by atoms with E-state index in [1.807, 2.05) is 0 Å². The van der Waals surface area contributed by atoms with Crippen LogP contribution >= 0.6 is 11.5 Å². The largest absolute Gasteiger partial charge is 0.341 e. The Labute approximate surface area is 178 Å². The van der Waals surface area contributed by atoms with Gasteiger partial charge in [-0.3, -0.25) is 4.90 Å². The minimum Gasteiger partial charge on any atom is -0.341 e. The fourth-order valence-corrected chi connectivity index (χ4v) is 6.17. The number of fused-ring (bicyclic) bond motifs is 1. The molecule has 3 heterocycles. The third-order valence-electron chi connectivity index (χ3n) is 6.92. The number of aryl methyl sites for hydroxylation is 1. The molecule has 1 saturated heterocycles. The van der Waals surface area contributed by atoms with Crippen LogP contribution in [0.3, 0.4) is 0 Å². The molecule has 29 heavy (non-hydrogen) atoms. The number of rotatable bonds is 5. The predicted octanol–water partition coefficient (Wildman–Crippen LogP) is 6.13. The van der Waals surface area contributed by atoms with Gasteiger partial charge in [-0.15, -0.1) is 0 Å². The predicted molar refractivity (Wildman–Crippen MR) is 122 cm³/mol. The van der Waals surface area contributed by atoms with Crippen molar-refractivity contribution in [1.82, 2.24) is 18.8 Å². The highest BCUT2D eigenvalue weighted by atomic mass is 32.1. The molecule has 0 radical (unpaired) electrons. The summed E-state index contributed by atoms with van der Waals surface area (Å²) in [5.74, 6) is 0.939. The van der Waals surface area contributed by atoms with E-state index in [1.165, 1.54) is 85.8 Å². The smallest absolute Gasteiger partial charge is 0.175 e. The van der Waals surface area contributed by atoms with Gasteiger partial charge < -0.3 is 4.57 Å². The van der Waals surface area contributed by atoms with E-state index in [9.17, 15) is 0 Å². The van der Waals surface area contributed by atoms with Crippen molar-refractivity contribution in [3.63, 3.8) is 0 Å². The van der Waals surface area contributed by atoms with Gasteiger partial charge in [-0.05, 0) is 69.2 Å². The molecule has 1 aromatic carbocycles. The minimum absolute atomic E-state index is 0.621. The first-order valence-electron chi connectivity index (χ1n) is 11.4. The number of aromatic nitrogens is 3. The Morgan fingerprint density at radius 3 is 2.62 bits per heavy atom. The summed E-state index contributed by atoms with van der Waals surface area (Å²) in [4.78, 5) is 7.53. The number of para-hydroxylation sites is 1. The molecule has 4 nitrogen and oxygen atoms in total. The van der Waals surface area contributed by atoms with E-state index in [0.29, 0.717) is 6.04 Å². The molecule has 1 aliphatic heterocycles. The van der Waals surface area contributed by atoms with Gasteiger partial charge in [0.05, 0.1) is 12.1 Å². The van der Waals surface area contributed by atoms with Gasteiger partial charge in [0.15, 0.2) is 5.82 Å². The van der Waals surface area contributed by atoms with Crippen molar-refractivity contribution in [1.29, 1.82) is 0 Å². The summed E-state index contributed by atoms with van der Waals surface area (Å²) in [6.45, 7) is 7.93. The molecule has 2 aliphatic rings. The average molecular weight is 409 g/mol. The van der Waals surface area contributed by atoms with Gasteiger partial charge in [-0.25, -0.2) is 4.98 Å². The average Bonchev–Trinajstić information content (AvgIpc) is 3.48. The molecular formula is C24H32N4S. The van der Waals surface area contributed by atoms with Gasteiger partial charge in [-0.1, -0.05) is 44.4 Å². The van der Waals surface area contributed by atoms with Crippen LogP contribution in [0.5, 0.6) is 0 Å². The van der Waals surface area contributed by atoms with Gasteiger partial charge in [-0.2, -0.15) is 4.37 Å². The molecule has 3 aromatic rings. The Kier molecular flexibility index (Phi) is 5.44. The lowest BCUT2D eigenvalue weighted by Gasteiger charge is -2.26. The van der Waals surface area contributed by atoms with Crippen molar-refractivity contribution in [3.8, 4) is 11.4 Å². The monoisotopic (exact) mass is 408 g/mol. The quantitative estimate of drug-likeness (QED) is 0.509. The summed E-state index contributed by atoms with van der Waals surface area (Å²) in [6.07, 6.45) is 10.4. The summed E-state index contributed by atoms with van der Waals surface area (Å²) in [5.41, 5.74) is 5.52. The normalized spacial score (nSPS) is 18.8. The minimum atomic E-state index is 0.621. The fraction of sp³-hybridized carbons (Fsp3) is 0.583. The Balaban J connectivity index is 1.60. The van der Waals surface area contributed by atoms with Crippen LogP contribution in [0.25, 0.3) is 22.3 Å². The summed E-state index contributed by atoms with van der Waals surface area (Å²) >= 11 is 1.59. The Morgan fingerprint density at radius 1 is 1.07 bits per heavy atom. The van der Waals surface area contributed by atoms with Crippen LogP contribution in [0.2, 0.25) is 0 Å². The number of nitrogens with zero attached hydrogens (tertiary/aromatic N) is 4. The van der Waals surface area contributed by atoms with Crippen LogP contribution in [0.15, 0.2) is 18.2 Å². The second-order valence-corrected chi connectivity index (χ2v) is 9.62. The zero-order valence-corrected chi connectivity index (χ0v) is 18.6. The molecule has 0 amide bonds. The SMILES string of the molecule is CCc1cccc2c(-c3nsc(CN4CCCC4)n3)c(C)n(C3CCCCC3)c12. The molecule has 0 bridgehead atoms. The maximum atomic E-state index is 5.02. The van der Waals surface area contributed by atoms with E-state index >= 15 is 0 Å². The van der Waals surface area contributed by atoms with E-state index < -0.39 is 0 Å². The van der Waals surface area contributed by atoms with E-state index in [1.54, 1.807) is 11.5 Å². The van der Waals surface area contributed by atoms with Crippen LogP contribution in [-0.2, 0) is 13.0 Å². The Hall–Kier alpha value is -1.72. The van der Waals surface area contributed by atoms with Crippen molar-refractivity contribution in [2.45, 2.75) is 77.8 Å². The molecular weight excluding hydrogens is 376 g/mol. The molecule has 2 aromatic heterocycles. The standard InChI is InChI=1S/C24H32N4S/c1-3-18-10-9-13-20-22(17(2)28(23(18)20)19-11-5-4-6-12-19)24-25-21(29-26-24)16-27-14-7-8-15-27/h9-10,13,19H,3-8,11-12,14-16H2,1-2H3. The second-order valence-electron chi connectivity index (χ2n) is 8.78. The van der Waals surface area contributed by atoms with Gasteiger partial charge in [0, 0.05) is 22.7 Å². The van der Waals surface area contributed by atoms with Crippen LogP contribution in [0.1, 0.15) is 74.2 Å². The molecule has 154 valence electrons. The fourth-order valence-electron chi connectivity index (χ4n) is 5.48. The molecule has 5 heteroatoms. The van der Waals surface area contributed by atoms with Crippen LogP contribution in [0, 0.1) is 6.92 Å². The summed E-state index contributed by atoms with van der Waals surface area (Å²) < 4.78 is 7.50. The summed E-state index contributed by atoms with van der Waals surface area (Å²) in [7, 11) is 0. The number of likely N-dealkylation sites (tertiary alicyclic amines) is 1. The highest BCUT2D eigenvalue weighted by molar-refractivity contribution is 7.05. The Bertz CT molecular complexity index is 990. The van der Waals surface area contributed by atoms with Crippen molar-refractivity contribution >= 4 is 22.4 Å². The number of benzene rings is 1. The molecule has 0 N–H and O–H groups in total. The van der Waals surface area contributed by atoms with E-state index in [4.69, 9.17) is 9.36 Å². The molecule has 1 saturated carbocycles. The lowest BCUT2D eigenvalue weighted by molar-refractivity contribution is 0.331. The van der Waals surface area contributed by atoms with Crippen LogP contribution in [0.4, 0.5) is 0 Å². The maximum Gasteiger partial charge on any atom is 0.175 e. The molecule has 2 fully saturated rings. The summed E-state index contributed by atoms with van der Waals surface area (Å²) in [5, 5.41) is 2.50. The third kappa shape index (κ3) is 3.53. The molecule has 0 unspecified atom stereocenters. The first-order valence-corrected chi connectivity index (χ1v) is 12.2. The van der Waals surface area contributed by atoms with Gasteiger partial charge in [0.2, 0.25) is 0 Å². The molecule has 0 spiro atoms. The highest BCUT2D eigenvalue weighted by Crippen LogP contribution is 2.41. The van der Waals surface area contributed by atoms with Crippen molar-refractivity contribution in [2.24, 2.45) is 0 Å². The topological polar surface area (TPSA) is 34.0 Å². The molecule has 5 rings (SSSR count). The first kappa shape index (κ1) is 19.3. The summed E-state index contributed by atoms with van der Waals surface area (Å²) in [6, 6.07) is 7.43. The van der Waals surface area contributed by atoms with Gasteiger partial charge in [0.25, 0.3) is 0 Å². The van der Waals surface area contributed by atoms with Gasteiger partial charge >= 0.3 is 0 Å². The molecule has 1 aliphatic carbocycles. The second kappa shape index (κ2) is 8.19. The zero-order valence-electron chi connectivity index (χ0n) is 17.8. The third-order valence-corrected chi connectivity index (χ3v) is 7.62. The van der Waals surface area contributed by atoms with Crippen molar-refractivity contribution < 1.29 is 0 Å². The van der Waals surface area contributed by atoms with Crippen molar-refractivity contribution in [3.05, 3.63) is 34.5 Å².